The molecule has 0 spiro atoms. The fourth-order valence-electron chi connectivity index (χ4n) is 4.52. The summed E-state index contributed by atoms with van der Waals surface area (Å²) in [7, 11) is 1.57. The minimum absolute atomic E-state index is 0.112. The van der Waals surface area contributed by atoms with Crippen molar-refractivity contribution >= 4 is 22.5 Å². The van der Waals surface area contributed by atoms with Crippen molar-refractivity contribution in [3.63, 3.8) is 0 Å². The molecule has 2 aromatic heterocycles. The van der Waals surface area contributed by atoms with Crippen molar-refractivity contribution in [1.29, 1.82) is 0 Å². The summed E-state index contributed by atoms with van der Waals surface area (Å²) < 4.78 is 12.1. The second-order valence-corrected chi connectivity index (χ2v) is 8.47. The SMILES string of the molecule is CCCCn1c(N)c(N(CCOC)Cc2cc(=O)oc3cc4c(cc23)CCC4)c(=O)[nH]c1=O. The third-order valence-corrected chi connectivity index (χ3v) is 6.23. The quantitative estimate of drug-likeness (QED) is 0.475. The number of hydrogen-bond acceptors (Lipinski definition) is 7. The number of nitrogen functional groups attached to an aromatic ring is 1. The number of aromatic amines is 1. The van der Waals surface area contributed by atoms with E-state index in [0.29, 0.717) is 25.3 Å². The van der Waals surface area contributed by atoms with Crippen LogP contribution in [0.1, 0.15) is 42.9 Å². The number of nitrogens with one attached hydrogen (secondary N) is 1. The number of unbranched alkanes of at least 4 members (excludes halogenated alkanes) is 1. The molecule has 9 heteroatoms. The highest BCUT2D eigenvalue weighted by molar-refractivity contribution is 5.82. The zero-order chi connectivity index (χ0) is 23.5. The Labute approximate surface area is 190 Å². The highest BCUT2D eigenvalue weighted by atomic mass is 16.5. The molecule has 1 aliphatic carbocycles. The number of rotatable bonds is 9. The Morgan fingerprint density at radius 1 is 1.18 bits per heavy atom. The van der Waals surface area contributed by atoms with Gasteiger partial charge in [-0.25, -0.2) is 9.59 Å². The lowest BCUT2D eigenvalue weighted by molar-refractivity contribution is 0.205. The van der Waals surface area contributed by atoms with Gasteiger partial charge in [-0.1, -0.05) is 13.3 Å². The normalized spacial score (nSPS) is 12.9. The van der Waals surface area contributed by atoms with Gasteiger partial charge in [0.1, 0.15) is 17.1 Å². The Kier molecular flexibility index (Phi) is 6.69. The van der Waals surface area contributed by atoms with Gasteiger partial charge in [-0.2, -0.15) is 0 Å². The molecule has 33 heavy (non-hydrogen) atoms. The van der Waals surface area contributed by atoms with Crippen LogP contribution in [0.15, 0.2) is 37.0 Å². The fourth-order valence-corrected chi connectivity index (χ4v) is 4.52. The summed E-state index contributed by atoms with van der Waals surface area (Å²) in [5.74, 6) is 0.112. The van der Waals surface area contributed by atoms with Crippen molar-refractivity contribution in [2.45, 2.75) is 52.1 Å². The summed E-state index contributed by atoms with van der Waals surface area (Å²) in [4.78, 5) is 41.7. The molecule has 2 heterocycles. The Bertz CT molecular complexity index is 1340. The first-order chi connectivity index (χ1) is 15.9. The summed E-state index contributed by atoms with van der Waals surface area (Å²) in [5, 5.41) is 0.840. The molecule has 0 atom stereocenters. The molecule has 0 bridgehead atoms. The second-order valence-electron chi connectivity index (χ2n) is 8.47. The van der Waals surface area contributed by atoms with Crippen molar-refractivity contribution in [2.75, 3.05) is 30.9 Å². The summed E-state index contributed by atoms with van der Waals surface area (Å²) in [6, 6.07) is 5.50. The predicted octanol–water partition coefficient (Wildman–Crippen LogP) is 2.17. The number of anilines is 2. The average Bonchev–Trinajstić information content (AvgIpc) is 3.23. The van der Waals surface area contributed by atoms with Crippen LogP contribution in [-0.4, -0.2) is 29.8 Å². The molecule has 0 amide bonds. The Hall–Kier alpha value is -3.33. The van der Waals surface area contributed by atoms with Gasteiger partial charge in [-0.3, -0.25) is 14.3 Å². The van der Waals surface area contributed by atoms with E-state index in [0.717, 1.165) is 43.1 Å². The summed E-state index contributed by atoms with van der Waals surface area (Å²) >= 11 is 0. The predicted molar refractivity (Wildman–Crippen MR) is 128 cm³/mol. The Balaban J connectivity index is 1.82. The van der Waals surface area contributed by atoms with E-state index in [1.54, 1.807) is 12.0 Å². The monoisotopic (exact) mass is 454 g/mol. The molecule has 3 N–H and O–H groups in total. The molecule has 0 fully saturated rings. The van der Waals surface area contributed by atoms with Crippen molar-refractivity contribution in [2.24, 2.45) is 0 Å². The van der Waals surface area contributed by atoms with Gasteiger partial charge in [0.05, 0.1) is 6.61 Å². The van der Waals surface area contributed by atoms with Crippen LogP contribution in [0.4, 0.5) is 11.5 Å². The smallest absolute Gasteiger partial charge is 0.336 e. The standard InChI is InChI=1S/C24H30N4O5/c1-3-4-8-28-22(25)21(23(30)26-24(28)31)27(9-10-32-2)14-17-13-20(29)33-19-12-16-7-5-6-15(16)11-18(17)19/h11-13H,3-10,14,25H2,1-2H3,(H,26,30,31). The van der Waals surface area contributed by atoms with E-state index in [1.807, 2.05) is 13.0 Å². The number of methoxy groups -OCH3 is 1. The highest BCUT2D eigenvalue weighted by Crippen LogP contribution is 2.30. The van der Waals surface area contributed by atoms with Crippen LogP contribution in [0, 0.1) is 0 Å². The van der Waals surface area contributed by atoms with Gasteiger partial charge in [-0.15, -0.1) is 0 Å². The number of benzene rings is 1. The molecule has 1 aromatic carbocycles. The molecule has 3 aromatic rings. The Morgan fingerprint density at radius 3 is 2.67 bits per heavy atom. The van der Waals surface area contributed by atoms with Crippen molar-refractivity contribution in [3.8, 4) is 0 Å². The zero-order valence-electron chi connectivity index (χ0n) is 19.1. The van der Waals surface area contributed by atoms with Crippen LogP contribution in [-0.2, 0) is 30.7 Å². The number of aryl methyl sites for hydroxylation is 2. The molecule has 1 aliphatic rings. The third kappa shape index (κ3) is 4.59. The molecule has 0 saturated carbocycles. The van der Waals surface area contributed by atoms with Crippen LogP contribution in [0.5, 0.6) is 0 Å². The maximum absolute atomic E-state index is 12.9. The van der Waals surface area contributed by atoms with Gasteiger partial charge in [0.15, 0.2) is 0 Å². The maximum atomic E-state index is 12.9. The van der Waals surface area contributed by atoms with E-state index in [9.17, 15) is 14.4 Å². The number of fused-ring (bicyclic) bond motifs is 2. The van der Waals surface area contributed by atoms with Crippen molar-refractivity contribution in [1.82, 2.24) is 9.55 Å². The lowest BCUT2D eigenvalue weighted by atomic mass is 10.0. The molecular weight excluding hydrogens is 424 g/mol. The minimum atomic E-state index is -0.561. The molecule has 9 nitrogen and oxygen atoms in total. The minimum Gasteiger partial charge on any atom is -0.423 e. The van der Waals surface area contributed by atoms with E-state index in [2.05, 4.69) is 11.1 Å². The van der Waals surface area contributed by atoms with E-state index in [-0.39, 0.29) is 18.1 Å². The molecule has 0 saturated heterocycles. The molecule has 0 radical (unpaired) electrons. The fraction of sp³-hybridized carbons (Fsp3) is 0.458. The van der Waals surface area contributed by atoms with Crippen LogP contribution in [0.25, 0.3) is 11.0 Å². The molecule has 0 aliphatic heterocycles. The number of aromatic nitrogens is 2. The number of H-pyrrole nitrogens is 1. The van der Waals surface area contributed by atoms with Crippen molar-refractivity contribution in [3.05, 3.63) is 66.1 Å². The highest BCUT2D eigenvalue weighted by Gasteiger charge is 2.21. The topological polar surface area (TPSA) is 124 Å². The van der Waals surface area contributed by atoms with Gasteiger partial charge in [0.25, 0.3) is 5.56 Å². The van der Waals surface area contributed by atoms with Crippen LogP contribution in [0.3, 0.4) is 0 Å². The summed E-state index contributed by atoms with van der Waals surface area (Å²) in [5.41, 5.74) is 8.76. The first kappa shape index (κ1) is 22.8. The first-order valence-electron chi connectivity index (χ1n) is 11.4. The van der Waals surface area contributed by atoms with E-state index < -0.39 is 16.9 Å². The zero-order valence-corrected chi connectivity index (χ0v) is 19.1. The van der Waals surface area contributed by atoms with Gasteiger partial charge in [0.2, 0.25) is 0 Å². The van der Waals surface area contributed by atoms with Crippen LogP contribution >= 0.6 is 0 Å². The van der Waals surface area contributed by atoms with Crippen LogP contribution < -0.4 is 27.5 Å². The summed E-state index contributed by atoms with van der Waals surface area (Å²) in [6.07, 6.45) is 4.68. The van der Waals surface area contributed by atoms with Gasteiger partial charge in [-0.05, 0) is 54.5 Å². The first-order valence-corrected chi connectivity index (χ1v) is 11.4. The van der Waals surface area contributed by atoms with E-state index >= 15 is 0 Å². The average molecular weight is 455 g/mol. The maximum Gasteiger partial charge on any atom is 0.336 e. The van der Waals surface area contributed by atoms with E-state index in [1.165, 1.54) is 21.8 Å². The Morgan fingerprint density at radius 2 is 1.94 bits per heavy atom. The van der Waals surface area contributed by atoms with Gasteiger partial charge < -0.3 is 19.8 Å². The number of hydrogen-bond donors (Lipinski definition) is 2. The van der Waals surface area contributed by atoms with Gasteiger partial charge in [0, 0.05) is 38.2 Å². The second kappa shape index (κ2) is 9.66. The molecule has 0 unspecified atom stereocenters. The number of nitrogens with zero attached hydrogens (tertiary/aromatic N) is 2. The largest absolute Gasteiger partial charge is 0.423 e. The summed E-state index contributed by atoms with van der Waals surface area (Å²) in [6.45, 7) is 3.35. The lowest BCUT2D eigenvalue weighted by Gasteiger charge is -2.26. The number of nitrogens with two attached hydrogens (primary N) is 1. The molecule has 176 valence electrons. The van der Waals surface area contributed by atoms with Gasteiger partial charge >= 0.3 is 11.3 Å². The third-order valence-electron chi connectivity index (χ3n) is 6.23. The van der Waals surface area contributed by atoms with Crippen LogP contribution in [0.2, 0.25) is 0 Å². The lowest BCUT2D eigenvalue weighted by Crippen LogP contribution is -2.39. The molecule has 4 rings (SSSR count). The number of ether oxygens (including phenoxy) is 1. The van der Waals surface area contributed by atoms with E-state index in [4.69, 9.17) is 14.9 Å². The molecular formula is C24H30N4O5. The van der Waals surface area contributed by atoms with Crippen molar-refractivity contribution < 1.29 is 9.15 Å².